The van der Waals surface area contributed by atoms with E-state index in [0.29, 0.717) is 18.4 Å². The first kappa shape index (κ1) is 15.3. The maximum Gasteiger partial charge on any atom is 0.320 e. The number of rotatable bonds is 6. The molecule has 0 heterocycles. The Morgan fingerprint density at radius 3 is 2.70 bits per heavy atom. The van der Waals surface area contributed by atoms with Gasteiger partial charge in [-0.1, -0.05) is 37.1 Å². The molecule has 0 saturated heterocycles. The van der Waals surface area contributed by atoms with Crippen LogP contribution in [-0.4, -0.2) is 23.2 Å². The Balaban J connectivity index is 1.91. The lowest BCUT2D eigenvalue weighted by molar-refractivity contribution is -0.139. The molecular weight excluding hydrogens is 274 g/mol. The lowest BCUT2D eigenvalue weighted by atomic mass is 9.97. The molecule has 3 unspecified atom stereocenters. The molecule has 20 heavy (non-hydrogen) atoms. The Morgan fingerprint density at radius 2 is 2.10 bits per heavy atom. The van der Waals surface area contributed by atoms with Gasteiger partial charge in [0.1, 0.15) is 6.04 Å². The highest BCUT2D eigenvalue weighted by atomic mass is 35.5. The van der Waals surface area contributed by atoms with Crippen LogP contribution in [0.25, 0.3) is 0 Å². The second-order valence-electron chi connectivity index (χ2n) is 5.60. The van der Waals surface area contributed by atoms with Gasteiger partial charge in [-0.2, -0.15) is 0 Å². The quantitative estimate of drug-likeness (QED) is 0.839. The summed E-state index contributed by atoms with van der Waals surface area (Å²) < 4.78 is 0. The Kier molecular flexibility index (Phi) is 5.44. The van der Waals surface area contributed by atoms with Crippen LogP contribution < -0.4 is 5.32 Å². The van der Waals surface area contributed by atoms with Crippen LogP contribution in [0.5, 0.6) is 0 Å². The molecule has 3 nitrogen and oxygen atoms in total. The molecule has 3 atom stereocenters. The van der Waals surface area contributed by atoms with Crippen LogP contribution in [0, 0.1) is 0 Å². The van der Waals surface area contributed by atoms with Crippen LogP contribution in [0.3, 0.4) is 0 Å². The van der Waals surface area contributed by atoms with E-state index < -0.39 is 12.0 Å². The van der Waals surface area contributed by atoms with Crippen LogP contribution in [0.15, 0.2) is 24.3 Å². The first-order valence-electron chi connectivity index (χ1n) is 7.34. The second-order valence-corrected chi connectivity index (χ2v) is 6.04. The highest BCUT2D eigenvalue weighted by Gasteiger charge is 2.29. The normalized spacial score (nSPS) is 23.7. The molecule has 1 aliphatic rings. The zero-order valence-electron chi connectivity index (χ0n) is 11.8. The number of benzene rings is 1. The Labute approximate surface area is 125 Å². The average molecular weight is 296 g/mol. The Bertz CT molecular complexity index is 446. The molecule has 0 amide bonds. The van der Waals surface area contributed by atoms with E-state index in [4.69, 9.17) is 11.6 Å². The van der Waals surface area contributed by atoms with Crippen molar-refractivity contribution < 1.29 is 9.90 Å². The highest BCUT2D eigenvalue weighted by Crippen LogP contribution is 2.35. The second kappa shape index (κ2) is 7.09. The van der Waals surface area contributed by atoms with Crippen molar-refractivity contribution in [2.75, 3.05) is 0 Å². The topological polar surface area (TPSA) is 49.3 Å². The van der Waals surface area contributed by atoms with Gasteiger partial charge >= 0.3 is 5.97 Å². The van der Waals surface area contributed by atoms with Crippen LogP contribution in [0.2, 0.25) is 5.02 Å². The van der Waals surface area contributed by atoms with Crippen LogP contribution in [-0.2, 0) is 4.79 Å². The van der Waals surface area contributed by atoms with Crippen LogP contribution >= 0.6 is 11.6 Å². The number of hydrogen-bond acceptors (Lipinski definition) is 2. The minimum absolute atomic E-state index is 0.309. The summed E-state index contributed by atoms with van der Waals surface area (Å²) in [6, 6.07) is 7.91. The molecule has 110 valence electrons. The lowest BCUT2D eigenvalue weighted by Crippen LogP contribution is -2.42. The zero-order chi connectivity index (χ0) is 14.5. The van der Waals surface area contributed by atoms with Gasteiger partial charge in [0.2, 0.25) is 0 Å². The van der Waals surface area contributed by atoms with Crippen molar-refractivity contribution in [1.29, 1.82) is 0 Å². The summed E-state index contributed by atoms with van der Waals surface area (Å²) >= 11 is 5.91. The molecule has 4 heteroatoms. The third-order valence-corrected chi connectivity index (χ3v) is 4.34. The van der Waals surface area contributed by atoms with Gasteiger partial charge < -0.3 is 10.4 Å². The number of carboxylic acid groups (broad SMARTS) is 1. The van der Waals surface area contributed by atoms with Crippen molar-refractivity contribution in [3.8, 4) is 0 Å². The first-order chi connectivity index (χ1) is 9.60. The molecule has 2 rings (SSSR count). The molecule has 0 spiro atoms. The van der Waals surface area contributed by atoms with Crippen molar-refractivity contribution in [1.82, 2.24) is 5.32 Å². The monoisotopic (exact) mass is 295 g/mol. The molecule has 0 aliphatic heterocycles. The van der Waals surface area contributed by atoms with Gasteiger partial charge in [-0.05, 0) is 49.3 Å². The molecule has 1 saturated carbocycles. The summed E-state index contributed by atoms with van der Waals surface area (Å²) in [7, 11) is 0. The Hall–Kier alpha value is -1.06. The van der Waals surface area contributed by atoms with E-state index in [-0.39, 0.29) is 0 Å². The van der Waals surface area contributed by atoms with E-state index in [1.54, 1.807) is 0 Å². The number of halogens is 1. The summed E-state index contributed by atoms with van der Waals surface area (Å²) in [5, 5.41) is 13.3. The largest absolute Gasteiger partial charge is 0.480 e. The molecule has 1 aliphatic carbocycles. The summed E-state index contributed by atoms with van der Waals surface area (Å²) in [5.41, 5.74) is 1.31. The summed E-state index contributed by atoms with van der Waals surface area (Å²) in [4.78, 5) is 11.2. The van der Waals surface area contributed by atoms with E-state index >= 15 is 0 Å². The van der Waals surface area contributed by atoms with Gasteiger partial charge in [-0.3, -0.25) is 4.79 Å². The van der Waals surface area contributed by atoms with Gasteiger partial charge in [0, 0.05) is 11.1 Å². The van der Waals surface area contributed by atoms with Crippen molar-refractivity contribution in [3.05, 3.63) is 34.9 Å². The third kappa shape index (κ3) is 3.97. The van der Waals surface area contributed by atoms with Crippen molar-refractivity contribution >= 4 is 17.6 Å². The number of carboxylic acids is 1. The fourth-order valence-corrected chi connectivity index (χ4v) is 3.15. The van der Waals surface area contributed by atoms with E-state index in [1.165, 1.54) is 5.56 Å². The van der Waals surface area contributed by atoms with Crippen molar-refractivity contribution in [3.63, 3.8) is 0 Å². The smallest absolute Gasteiger partial charge is 0.320 e. The zero-order valence-corrected chi connectivity index (χ0v) is 12.6. The van der Waals surface area contributed by atoms with Gasteiger partial charge in [-0.25, -0.2) is 0 Å². The molecule has 0 aromatic heterocycles. The molecule has 2 N–H and O–H groups in total. The molecular formula is C16H22ClNO2. The number of nitrogens with one attached hydrogen (secondary N) is 1. The van der Waals surface area contributed by atoms with E-state index in [2.05, 4.69) is 17.4 Å². The summed E-state index contributed by atoms with van der Waals surface area (Å²) in [5.74, 6) is -0.220. The SMILES string of the molecule is CCCC(NC1CCC(c2ccc(Cl)cc2)C1)C(=O)O. The van der Waals surface area contributed by atoms with Gasteiger partial charge in [0.05, 0.1) is 0 Å². The molecule has 1 aromatic carbocycles. The van der Waals surface area contributed by atoms with Crippen molar-refractivity contribution in [2.45, 2.75) is 57.0 Å². The number of hydrogen-bond donors (Lipinski definition) is 2. The minimum Gasteiger partial charge on any atom is -0.480 e. The number of carbonyl (C=O) groups is 1. The van der Waals surface area contributed by atoms with Gasteiger partial charge in [0.15, 0.2) is 0 Å². The van der Waals surface area contributed by atoms with Gasteiger partial charge in [-0.15, -0.1) is 0 Å². The maximum absolute atomic E-state index is 11.2. The molecule has 0 radical (unpaired) electrons. The number of aliphatic carboxylic acids is 1. The van der Waals surface area contributed by atoms with Crippen LogP contribution in [0.4, 0.5) is 0 Å². The van der Waals surface area contributed by atoms with Crippen molar-refractivity contribution in [2.24, 2.45) is 0 Å². The average Bonchev–Trinajstić information content (AvgIpc) is 2.87. The van der Waals surface area contributed by atoms with E-state index in [0.717, 1.165) is 30.7 Å². The maximum atomic E-state index is 11.2. The first-order valence-corrected chi connectivity index (χ1v) is 7.72. The molecule has 0 bridgehead atoms. The Morgan fingerprint density at radius 1 is 1.40 bits per heavy atom. The van der Waals surface area contributed by atoms with Gasteiger partial charge in [0.25, 0.3) is 0 Å². The fraction of sp³-hybridized carbons (Fsp3) is 0.562. The standard InChI is InChI=1S/C16H22ClNO2/c1-2-3-15(16(19)20)18-14-9-6-12(10-14)11-4-7-13(17)8-5-11/h4-5,7-8,12,14-15,18H,2-3,6,9-10H2,1H3,(H,19,20). The van der Waals surface area contributed by atoms with E-state index in [9.17, 15) is 9.90 Å². The summed E-state index contributed by atoms with van der Waals surface area (Å²) in [6.07, 6.45) is 4.74. The minimum atomic E-state index is -0.734. The highest BCUT2D eigenvalue weighted by molar-refractivity contribution is 6.30. The van der Waals surface area contributed by atoms with E-state index in [1.807, 2.05) is 19.1 Å². The van der Waals surface area contributed by atoms with Crippen LogP contribution in [0.1, 0.15) is 50.5 Å². The predicted molar refractivity (Wildman–Crippen MR) is 81.3 cm³/mol. The molecule has 1 fully saturated rings. The lowest BCUT2D eigenvalue weighted by Gasteiger charge is -2.19. The third-order valence-electron chi connectivity index (χ3n) is 4.09. The molecule has 1 aromatic rings. The predicted octanol–water partition coefficient (Wildman–Crippen LogP) is 3.82. The fourth-order valence-electron chi connectivity index (χ4n) is 3.02. The summed E-state index contributed by atoms with van der Waals surface area (Å²) in [6.45, 7) is 2.02.